The predicted octanol–water partition coefficient (Wildman–Crippen LogP) is 0.672. The van der Waals surface area contributed by atoms with Crippen LogP contribution in [0.3, 0.4) is 0 Å². The lowest BCUT2D eigenvalue weighted by Gasteiger charge is -2.03. The molecule has 0 bridgehead atoms. The number of amides is 1. The van der Waals surface area contributed by atoms with Crippen LogP contribution in [-0.2, 0) is 11.3 Å². The van der Waals surface area contributed by atoms with Crippen LogP contribution in [0.5, 0.6) is 0 Å². The van der Waals surface area contributed by atoms with Gasteiger partial charge in [-0.2, -0.15) is 0 Å². The minimum absolute atomic E-state index is 0.156. The number of aromatic nitrogens is 1. The van der Waals surface area contributed by atoms with Crippen molar-refractivity contribution in [2.75, 3.05) is 0 Å². The number of ether oxygens (including phenoxy) is 1. The van der Waals surface area contributed by atoms with Gasteiger partial charge in [0.05, 0.1) is 18.4 Å². The van der Waals surface area contributed by atoms with Crippen molar-refractivity contribution in [3.63, 3.8) is 0 Å². The molecule has 0 spiro atoms. The number of nitrogens with one attached hydrogen (secondary N) is 1. The summed E-state index contributed by atoms with van der Waals surface area (Å²) in [5.41, 5.74) is 2.78. The lowest BCUT2D eigenvalue weighted by Crippen LogP contribution is -2.29. The number of nitrogens with two attached hydrogens (primary N) is 1. The van der Waals surface area contributed by atoms with Crippen LogP contribution in [0.15, 0.2) is 5.38 Å². The number of hydrazine groups is 1. The third-order valence-corrected chi connectivity index (χ3v) is 2.33. The summed E-state index contributed by atoms with van der Waals surface area (Å²) in [4.78, 5) is 15.1. The molecule has 1 heterocycles. The number of carbonyl (C=O) groups is 1. The first-order valence-corrected chi connectivity index (χ1v) is 5.08. The first-order chi connectivity index (χ1) is 6.63. The lowest BCUT2D eigenvalue weighted by molar-refractivity contribution is 0.0638. The summed E-state index contributed by atoms with van der Waals surface area (Å²) >= 11 is 1.25. The highest BCUT2D eigenvalue weighted by Crippen LogP contribution is 2.10. The molecule has 6 heteroatoms. The zero-order chi connectivity index (χ0) is 10.6. The van der Waals surface area contributed by atoms with Gasteiger partial charge in [0.2, 0.25) is 0 Å². The molecule has 14 heavy (non-hydrogen) atoms. The maximum Gasteiger partial charge on any atom is 0.294 e. The van der Waals surface area contributed by atoms with E-state index in [-0.39, 0.29) is 12.0 Å². The van der Waals surface area contributed by atoms with Crippen LogP contribution in [0.4, 0.5) is 0 Å². The minimum atomic E-state index is -0.370. The summed E-state index contributed by atoms with van der Waals surface area (Å²) in [5.74, 6) is 4.60. The summed E-state index contributed by atoms with van der Waals surface area (Å²) in [6.07, 6.45) is 0.156. The van der Waals surface area contributed by atoms with Crippen molar-refractivity contribution in [2.24, 2.45) is 5.84 Å². The van der Waals surface area contributed by atoms with E-state index >= 15 is 0 Å². The molecule has 5 nitrogen and oxygen atoms in total. The van der Waals surface area contributed by atoms with Gasteiger partial charge < -0.3 is 4.74 Å². The SMILES string of the molecule is CC(C)OCc1csc(C(=O)NN)n1. The zero-order valence-electron chi connectivity index (χ0n) is 8.11. The summed E-state index contributed by atoms with van der Waals surface area (Å²) in [5, 5.41) is 2.14. The largest absolute Gasteiger partial charge is 0.372 e. The Morgan fingerprint density at radius 2 is 2.50 bits per heavy atom. The Hall–Kier alpha value is -0.980. The number of carbonyl (C=O) groups excluding carboxylic acids is 1. The second-order valence-electron chi connectivity index (χ2n) is 2.98. The fourth-order valence-electron chi connectivity index (χ4n) is 0.791. The average molecular weight is 215 g/mol. The van der Waals surface area contributed by atoms with Gasteiger partial charge in [0, 0.05) is 5.38 Å². The van der Waals surface area contributed by atoms with Crippen molar-refractivity contribution in [1.82, 2.24) is 10.4 Å². The Kier molecular flexibility index (Phi) is 3.99. The predicted molar refractivity (Wildman–Crippen MR) is 53.7 cm³/mol. The molecule has 0 fully saturated rings. The van der Waals surface area contributed by atoms with Crippen molar-refractivity contribution in [3.05, 3.63) is 16.1 Å². The highest BCUT2D eigenvalue weighted by molar-refractivity contribution is 7.11. The van der Waals surface area contributed by atoms with Gasteiger partial charge in [0.15, 0.2) is 5.01 Å². The van der Waals surface area contributed by atoms with Crippen molar-refractivity contribution >= 4 is 17.2 Å². The van der Waals surface area contributed by atoms with E-state index in [9.17, 15) is 4.79 Å². The van der Waals surface area contributed by atoms with E-state index in [1.54, 1.807) is 5.38 Å². The standard InChI is InChI=1S/C8H13N3O2S/c1-5(2)13-3-6-4-14-8(10-6)7(12)11-9/h4-5H,3,9H2,1-2H3,(H,11,12). The van der Waals surface area contributed by atoms with E-state index in [2.05, 4.69) is 4.98 Å². The van der Waals surface area contributed by atoms with Crippen LogP contribution >= 0.6 is 11.3 Å². The highest BCUT2D eigenvalue weighted by Gasteiger charge is 2.09. The molecule has 0 saturated carbocycles. The molecule has 0 aliphatic carbocycles. The van der Waals surface area contributed by atoms with Gasteiger partial charge in [-0.3, -0.25) is 10.2 Å². The maximum absolute atomic E-state index is 11.0. The summed E-state index contributed by atoms with van der Waals surface area (Å²) < 4.78 is 5.34. The van der Waals surface area contributed by atoms with Gasteiger partial charge in [0.25, 0.3) is 5.91 Å². The normalized spacial score (nSPS) is 10.6. The van der Waals surface area contributed by atoms with Gasteiger partial charge in [-0.25, -0.2) is 10.8 Å². The molecule has 0 atom stereocenters. The first kappa shape index (κ1) is 11.1. The zero-order valence-corrected chi connectivity index (χ0v) is 8.93. The number of hydrogen-bond acceptors (Lipinski definition) is 5. The Balaban J connectivity index is 2.55. The number of hydrogen-bond donors (Lipinski definition) is 2. The molecular weight excluding hydrogens is 202 g/mol. The summed E-state index contributed by atoms with van der Waals surface area (Å²) in [6, 6.07) is 0. The molecule has 1 amide bonds. The summed E-state index contributed by atoms with van der Waals surface area (Å²) in [6.45, 7) is 4.31. The second kappa shape index (κ2) is 5.04. The maximum atomic E-state index is 11.0. The number of rotatable bonds is 4. The van der Waals surface area contributed by atoms with E-state index in [4.69, 9.17) is 10.6 Å². The summed E-state index contributed by atoms with van der Waals surface area (Å²) in [7, 11) is 0. The third kappa shape index (κ3) is 3.06. The van der Waals surface area contributed by atoms with Crippen molar-refractivity contribution in [3.8, 4) is 0 Å². The van der Waals surface area contributed by atoms with E-state index in [0.717, 1.165) is 5.69 Å². The van der Waals surface area contributed by atoms with Crippen molar-refractivity contribution in [2.45, 2.75) is 26.6 Å². The third-order valence-electron chi connectivity index (χ3n) is 1.44. The number of nitrogen functional groups attached to an aromatic ring is 1. The number of thiazole rings is 1. The van der Waals surface area contributed by atoms with Gasteiger partial charge in [-0.05, 0) is 13.8 Å². The molecule has 0 aromatic carbocycles. The van der Waals surface area contributed by atoms with E-state index in [1.807, 2.05) is 19.3 Å². The van der Waals surface area contributed by atoms with Gasteiger partial charge in [0.1, 0.15) is 0 Å². The van der Waals surface area contributed by atoms with Crippen LogP contribution in [0, 0.1) is 0 Å². The molecule has 78 valence electrons. The first-order valence-electron chi connectivity index (χ1n) is 4.20. The molecule has 0 aliphatic heterocycles. The Morgan fingerprint density at radius 3 is 3.07 bits per heavy atom. The Bertz CT molecular complexity index is 311. The molecule has 0 radical (unpaired) electrons. The van der Waals surface area contributed by atoms with Crippen LogP contribution in [0.2, 0.25) is 0 Å². The Morgan fingerprint density at radius 1 is 1.79 bits per heavy atom. The van der Waals surface area contributed by atoms with Crippen LogP contribution in [0.1, 0.15) is 29.3 Å². The molecule has 1 rings (SSSR count). The monoisotopic (exact) mass is 215 g/mol. The van der Waals surface area contributed by atoms with Crippen molar-refractivity contribution in [1.29, 1.82) is 0 Å². The number of nitrogens with zero attached hydrogens (tertiary/aromatic N) is 1. The van der Waals surface area contributed by atoms with Crippen LogP contribution < -0.4 is 11.3 Å². The van der Waals surface area contributed by atoms with E-state index in [0.29, 0.717) is 11.6 Å². The quantitative estimate of drug-likeness (QED) is 0.439. The molecule has 0 saturated heterocycles. The molecule has 1 aromatic rings. The highest BCUT2D eigenvalue weighted by atomic mass is 32.1. The molecule has 0 aliphatic rings. The minimum Gasteiger partial charge on any atom is -0.372 e. The van der Waals surface area contributed by atoms with E-state index in [1.165, 1.54) is 11.3 Å². The van der Waals surface area contributed by atoms with Crippen LogP contribution in [0.25, 0.3) is 0 Å². The average Bonchev–Trinajstić information content (AvgIpc) is 2.62. The fourth-order valence-corrected chi connectivity index (χ4v) is 1.50. The molecular formula is C8H13N3O2S. The van der Waals surface area contributed by atoms with E-state index < -0.39 is 0 Å². The fraction of sp³-hybridized carbons (Fsp3) is 0.500. The smallest absolute Gasteiger partial charge is 0.294 e. The molecule has 0 unspecified atom stereocenters. The topological polar surface area (TPSA) is 77.2 Å². The van der Waals surface area contributed by atoms with Gasteiger partial charge in [-0.15, -0.1) is 11.3 Å². The molecule has 1 aromatic heterocycles. The molecule has 3 N–H and O–H groups in total. The lowest BCUT2D eigenvalue weighted by atomic mass is 10.4. The van der Waals surface area contributed by atoms with Crippen LogP contribution in [-0.4, -0.2) is 17.0 Å². The Labute approximate surface area is 86.3 Å². The second-order valence-corrected chi connectivity index (χ2v) is 3.84. The van der Waals surface area contributed by atoms with Gasteiger partial charge in [-0.1, -0.05) is 0 Å². The van der Waals surface area contributed by atoms with Gasteiger partial charge >= 0.3 is 0 Å². The van der Waals surface area contributed by atoms with Crippen molar-refractivity contribution < 1.29 is 9.53 Å².